The number of rotatable bonds is 6. The van der Waals surface area contributed by atoms with Crippen molar-refractivity contribution >= 4 is 49.1 Å². The van der Waals surface area contributed by atoms with Gasteiger partial charge in [-0.3, -0.25) is 4.57 Å². The van der Waals surface area contributed by atoms with E-state index in [-0.39, 0.29) is 10.0 Å². The fourth-order valence-electron chi connectivity index (χ4n) is 5.34. The predicted molar refractivity (Wildman–Crippen MR) is 133 cm³/mol. The molecule has 15 heteroatoms. The Morgan fingerprint density at radius 1 is 1.18 bits per heavy atom. The first-order valence-electron chi connectivity index (χ1n) is 12.0. The fraction of sp³-hybridized carbons (Fsp3) is 0.435. The first-order valence-corrected chi connectivity index (χ1v) is 14.3. The van der Waals surface area contributed by atoms with Crippen LogP contribution in [0.2, 0.25) is 0 Å². The van der Waals surface area contributed by atoms with Gasteiger partial charge >= 0.3 is 0 Å². The van der Waals surface area contributed by atoms with Gasteiger partial charge in [-0.1, -0.05) is 17.4 Å². The largest absolute Gasteiger partial charge is 0.381 e. The molecule has 2 aliphatic heterocycles. The van der Waals surface area contributed by atoms with Crippen LogP contribution in [0.15, 0.2) is 29.4 Å². The zero-order valence-electron chi connectivity index (χ0n) is 19.7. The number of sulfonamides is 1. The maximum Gasteiger partial charge on any atom is 0.291 e. The van der Waals surface area contributed by atoms with Crippen LogP contribution in [0.1, 0.15) is 24.3 Å². The third-order valence-electron chi connectivity index (χ3n) is 7.45. The van der Waals surface area contributed by atoms with E-state index in [0.29, 0.717) is 77.0 Å². The van der Waals surface area contributed by atoms with Crippen molar-refractivity contribution < 1.29 is 21.9 Å². The Labute approximate surface area is 219 Å². The quantitative estimate of drug-likeness (QED) is 0.378. The van der Waals surface area contributed by atoms with E-state index < -0.39 is 27.0 Å². The van der Waals surface area contributed by atoms with Crippen molar-refractivity contribution in [3.63, 3.8) is 0 Å². The first-order chi connectivity index (χ1) is 18.3. The SMILES string of the molecule is N#CC1(NS(=O)(=O)c2ccc3c4c(N5CC6COCC6C5)ncnc4n(-c4nnc(C(F)F)s4)c3c2)CC1. The average Bonchev–Trinajstić information content (AvgIpc) is 3.32. The smallest absolute Gasteiger partial charge is 0.291 e. The molecule has 0 amide bonds. The van der Waals surface area contributed by atoms with E-state index in [1.807, 2.05) is 6.07 Å². The normalized spacial score (nSPS) is 22.4. The molecule has 2 atom stereocenters. The van der Waals surface area contributed by atoms with Crippen LogP contribution in [0, 0.1) is 23.2 Å². The average molecular weight is 559 g/mol. The lowest BCUT2D eigenvalue weighted by atomic mass is 10.0. The van der Waals surface area contributed by atoms with Gasteiger partial charge in [0.05, 0.1) is 35.1 Å². The number of halogens is 2. The number of nitrogens with one attached hydrogen (secondary N) is 1. The number of nitriles is 1. The summed E-state index contributed by atoms with van der Waals surface area (Å²) in [6.07, 6.45) is -0.510. The Morgan fingerprint density at radius 2 is 1.95 bits per heavy atom. The topological polar surface area (TPSA) is 139 Å². The Hall–Kier alpha value is -3.32. The van der Waals surface area contributed by atoms with E-state index >= 15 is 0 Å². The molecular weight excluding hydrogens is 538 g/mol. The van der Waals surface area contributed by atoms with Gasteiger partial charge in [-0.2, -0.15) is 9.98 Å². The Balaban J connectivity index is 1.43. The molecular formula is C23H20F2N8O3S2. The number of fused-ring (bicyclic) bond motifs is 4. The summed E-state index contributed by atoms with van der Waals surface area (Å²) < 4.78 is 62.8. The minimum Gasteiger partial charge on any atom is -0.381 e. The highest BCUT2D eigenvalue weighted by atomic mass is 32.2. The van der Waals surface area contributed by atoms with Crippen LogP contribution in [0.3, 0.4) is 0 Å². The number of benzene rings is 1. The highest BCUT2D eigenvalue weighted by molar-refractivity contribution is 7.89. The standard InChI is InChI=1S/C23H20F2N8O3S2/c24-18(25)21-29-30-22(37-21)33-16-5-14(38(34,35)31-23(10-26)3-4-23)1-2-15(16)17-19(27-11-28-20(17)33)32-6-12-8-36-9-13(12)7-32/h1-2,5,11-13,18,31H,3-4,6-9H2. The van der Waals surface area contributed by atoms with Gasteiger partial charge in [0, 0.05) is 30.3 Å². The summed E-state index contributed by atoms with van der Waals surface area (Å²) in [5.41, 5.74) is -0.276. The molecule has 11 nitrogen and oxygen atoms in total. The van der Waals surface area contributed by atoms with Gasteiger partial charge in [0.25, 0.3) is 6.43 Å². The molecule has 3 fully saturated rings. The molecule has 1 N–H and O–H groups in total. The zero-order valence-corrected chi connectivity index (χ0v) is 21.3. The van der Waals surface area contributed by atoms with Crippen molar-refractivity contribution in [2.75, 3.05) is 31.2 Å². The van der Waals surface area contributed by atoms with Gasteiger partial charge in [-0.25, -0.2) is 27.2 Å². The second-order valence-corrected chi connectivity index (χ2v) is 12.6. The second kappa shape index (κ2) is 8.34. The second-order valence-electron chi connectivity index (χ2n) is 9.90. The lowest BCUT2D eigenvalue weighted by molar-refractivity contribution is 0.150. The van der Waals surface area contributed by atoms with Crippen molar-refractivity contribution in [3.8, 4) is 11.2 Å². The van der Waals surface area contributed by atoms with Gasteiger partial charge < -0.3 is 9.64 Å². The molecule has 4 aromatic rings. The van der Waals surface area contributed by atoms with Gasteiger partial charge in [0.15, 0.2) is 10.7 Å². The van der Waals surface area contributed by atoms with Crippen LogP contribution in [0.25, 0.3) is 27.1 Å². The Kier molecular flexibility index (Phi) is 5.22. The van der Waals surface area contributed by atoms with Crippen LogP contribution >= 0.6 is 11.3 Å². The third kappa shape index (κ3) is 3.66. The summed E-state index contributed by atoms with van der Waals surface area (Å²) in [6.45, 7) is 2.89. The summed E-state index contributed by atoms with van der Waals surface area (Å²) in [7, 11) is -4.04. The van der Waals surface area contributed by atoms with E-state index in [0.717, 1.165) is 13.1 Å². The van der Waals surface area contributed by atoms with Crippen molar-refractivity contribution in [2.45, 2.75) is 29.7 Å². The monoisotopic (exact) mass is 558 g/mol. The number of alkyl halides is 2. The molecule has 0 bridgehead atoms. The zero-order chi connectivity index (χ0) is 26.2. The molecule has 2 saturated heterocycles. The molecule has 1 aliphatic carbocycles. The number of hydrogen-bond acceptors (Lipinski definition) is 10. The number of ether oxygens (including phenoxy) is 1. The summed E-state index contributed by atoms with van der Waals surface area (Å²) >= 11 is 0.709. The maximum atomic E-state index is 13.4. The summed E-state index contributed by atoms with van der Waals surface area (Å²) in [5.74, 6) is 1.47. The Morgan fingerprint density at radius 3 is 2.61 bits per heavy atom. The van der Waals surface area contributed by atoms with E-state index in [9.17, 15) is 22.5 Å². The molecule has 0 spiro atoms. The number of hydrogen-bond donors (Lipinski definition) is 1. The lowest BCUT2D eigenvalue weighted by Crippen LogP contribution is -2.35. The van der Waals surface area contributed by atoms with E-state index in [1.54, 1.807) is 10.6 Å². The minimum absolute atomic E-state index is 0.0588. The van der Waals surface area contributed by atoms with Crippen molar-refractivity contribution in [1.82, 2.24) is 29.5 Å². The molecule has 2 unspecified atom stereocenters. The van der Waals surface area contributed by atoms with Crippen molar-refractivity contribution in [1.29, 1.82) is 5.26 Å². The first kappa shape index (κ1) is 23.8. The number of anilines is 1. The van der Waals surface area contributed by atoms with Gasteiger partial charge in [-0.05, 0) is 25.0 Å². The van der Waals surface area contributed by atoms with Crippen molar-refractivity contribution in [2.24, 2.45) is 11.8 Å². The maximum absolute atomic E-state index is 13.4. The van der Waals surface area contributed by atoms with E-state index in [2.05, 4.69) is 29.8 Å². The molecule has 3 aliphatic rings. The van der Waals surface area contributed by atoms with Crippen LogP contribution in [0.4, 0.5) is 14.6 Å². The summed E-state index contributed by atoms with van der Waals surface area (Å²) in [6, 6.07) is 6.61. The lowest BCUT2D eigenvalue weighted by Gasteiger charge is -2.19. The van der Waals surface area contributed by atoms with Crippen LogP contribution < -0.4 is 9.62 Å². The van der Waals surface area contributed by atoms with Crippen LogP contribution in [-0.2, 0) is 14.8 Å². The van der Waals surface area contributed by atoms with Gasteiger partial charge in [0.2, 0.25) is 15.2 Å². The molecule has 7 rings (SSSR count). The van der Waals surface area contributed by atoms with E-state index in [4.69, 9.17) is 4.74 Å². The van der Waals surface area contributed by atoms with Gasteiger partial charge in [0.1, 0.15) is 17.7 Å². The summed E-state index contributed by atoms with van der Waals surface area (Å²) in [4.78, 5) is 11.2. The van der Waals surface area contributed by atoms with Crippen LogP contribution in [-0.4, -0.2) is 65.0 Å². The highest BCUT2D eigenvalue weighted by Gasteiger charge is 2.47. The number of aromatic nitrogens is 5. The molecule has 1 aromatic carbocycles. The minimum atomic E-state index is -4.04. The molecule has 3 aromatic heterocycles. The molecule has 0 radical (unpaired) electrons. The number of nitrogens with zero attached hydrogens (tertiary/aromatic N) is 7. The van der Waals surface area contributed by atoms with E-state index in [1.165, 1.54) is 18.5 Å². The van der Waals surface area contributed by atoms with Crippen LogP contribution in [0.5, 0.6) is 0 Å². The van der Waals surface area contributed by atoms with Gasteiger partial charge in [-0.15, -0.1) is 10.2 Å². The molecule has 1 saturated carbocycles. The Bertz CT molecular complexity index is 1730. The molecule has 38 heavy (non-hydrogen) atoms. The molecule has 196 valence electrons. The molecule has 5 heterocycles. The fourth-order valence-corrected chi connectivity index (χ4v) is 7.45. The van der Waals surface area contributed by atoms with Crippen molar-refractivity contribution in [3.05, 3.63) is 29.5 Å². The third-order valence-corrected chi connectivity index (χ3v) is 9.90. The predicted octanol–water partition coefficient (Wildman–Crippen LogP) is 2.78. The highest BCUT2D eigenvalue weighted by Crippen LogP contribution is 2.41. The summed E-state index contributed by atoms with van der Waals surface area (Å²) in [5, 5.41) is 18.0.